The molecule has 6 rings (SSSR count). The summed E-state index contributed by atoms with van der Waals surface area (Å²) in [5.41, 5.74) is 8.67. The number of aryl methyl sites for hydroxylation is 2. The van der Waals surface area contributed by atoms with Crippen LogP contribution in [0.4, 0.5) is 0 Å². The molecule has 0 amide bonds. The van der Waals surface area contributed by atoms with Gasteiger partial charge < -0.3 is 4.74 Å². The fraction of sp³-hybridized carbons (Fsp3) is 0.491. The van der Waals surface area contributed by atoms with Crippen LogP contribution in [-0.4, -0.2) is 74.4 Å². The summed E-state index contributed by atoms with van der Waals surface area (Å²) in [5.74, 6) is 0.346. The maximum absolute atomic E-state index is 12.4. The molecule has 0 saturated carbocycles. The number of unbranched alkanes of at least 4 members (excludes halogenated alkanes) is 1. The van der Waals surface area contributed by atoms with Gasteiger partial charge in [-0.25, -0.2) is 8.42 Å². The summed E-state index contributed by atoms with van der Waals surface area (Å²) in [6, 6.07) is 29.8. The largest absolute Gasteiger partial charge is 0.465 e. The van der Waals surface area contributed by atoms with Crippen LogP contribution >= 0.6 is 0 Å². The predicted octanol–water partition coefficient (Wildman–Crippen LogP) is 11.2. The standard InChI is InChI=1S/C20H23NO3S.C20H29NO2.C13H20O5S2/c1-3-15(2)16-11-13-18(14-12-16)25(22,23)24-21-20-10-6-8-17-7-4-5-9-19(17)20;1-4-20(2,3)19(22)23-15-8-7-14-21-18-13-9-11-16-10-5-6-12-17(16)18;1-4-11(2)12-5-7-13(8-6-12)20(16,17)18-9-10-19(3,14)15/h4-5,7,9,11-15H,3,6,8,10H2,1-2H3;5-6,10,12H,4,7-9,11,13-15H2,1-3H3;5-8,11H,4,9-10H2,1-3H3/b21-20-;;. The third-order valence-electron chi connectivity index (χ3n) is 12.5. The van der Waals surface area contributed by atoms with Gasteiger partial charge in [0.2, 0.25) is 0 Å². The number of benzene rings is 4. The van der Waals surface area contributed by atoms with E-state index < -0.39 is 30.1 Å². The lowest BCUT2D eigenvalue weighted by Gasteiger charge is -2.20. The van der Waals surface area contributed by atoms with Crippen LogP contribution < -0.4 is 0 Å². The maximum Gasteiger partial charge on any atom is 0.358 e. The van der Waals surface area contributed by atoms with Gasteiger partial charge in [0.1, 0.15) is 14.7 Å². The van der Waals surface area contributed by atoms with Gasteiger partial charge in [0.15, 0.2) is 0 Å². The van der Waals surface area contributed by atoms with E-state index in [-0.39, 0.29) is 33.5 Å². The number of nitrogens with zero attached hydrogens (tertiary/aromatic N) is 2. The van der Waals surface area contributed by atoms with Crippen molar-refractivity contribution in [2.24, 2.45) is 15.6 Å². The van der Waals surface area contributed by atoms with Crippen LogP contribution in [0.15, 0.2) is 117 Å². The van der Waals surface area contributed by atoms with Crippen LogP contribution in [0.2, 0.25) is 0 Å². The molecule has 0 bridgehead atoms. The first-order valence-electron chi connectivity index (χ1n) is 23.9. The Hall–Kier alpha value is -4.70. The predicted molar refractivity (Wildman–Crippen MR) is 272 cm³/mol. The third-order valence-corrected chi connectivity index (χ3v) is 15.9. The fourth-order valence-electron chi connectivity index (χ4n) is 7.29. The van der Waals surface area contributed by atoms with E-state index in [1.807, 2.05) is 57.2 Å². The van der Waals surface area contributed by atoms with Gasteiger partial charge in [-0.05, 0) is 148 Å². The number of ether oxygens (including phenoxy) is 1. The molecule has 0 saturated heterocycles. The summed E-state index contributed by atoms with van der Waals surface area (Å²) in [5, 5.41) is 3.97. The molecule has 0 heterocycles. The first kappa shape index (κ1) is 55.9. The van der Waals surface area contributed by atoms with Crippen molar-refractivity contribution in [3.63, 3.8) is 0 Å². The zero-order valence-corrected chi connectivity index (χ0v) is 43.7. The number of carbonyl (C=O) groups excluding carboxylic acids is 1. The normalized spacial score (nSPS) is 15.9. The van der Waals surface area contributed by atoms with E-state index in [0.717, 1.165) is 87.3 Å². The molecule has 0 radical (unpaired) electrons. The minimum atomic E-state index is -3.90. The highest BCUT2D eigenvalue weighted by molar-refractivity contribution is 7.90. The molecular formula is C53H72N2O10S3. The average Bonchev–Trinajstić information content (AvgIpc) is 3.33. The SMILES string of the molecule is CCC(C)(C)C(=O)OCCCCN=C1CCCc2ccccc21.CCC(C)c1ccc(S(=O)(=O)O/N=C2/CCCc3ccccc32)cc1.CCC(C)c1ccc(S(=O)(=O)OCCS(C)(=O)=O)cc1. The second-order valence-electron chi connectivity index (χ2n) is 18.2. The number of aliphatic imine (C=N–C) groups is 1. The first-order valence-corrected chi connectivity index (χ1v) is 28.7. The van der Waals surface area contributed by atoms with Gasteiger partial charge in [-0.15, -0.1) is 0 Å². The van der Waals surface area contributed by atoms with Crippen molar-refractivity contribution >= 4 is 47.5 Å². The molecule has 2 aliphatic carbocycles. The molecule has 0 N–H and O–H groups in total. The van der Waals surface area contributed by atoms with Crippen molar-refractivity contribution < 1.29 is 43.3 Å². The summed E-state index contributed by atoms with van der Waals surface area (Å²) in [7, 11) is -11.0. The van der Waals surface area contributed by atoms with Crippen LogP contribution in [0, 0.1) is 5.41 Å². The van der Waals surface area contributed by atoms with Crippen LogP contribution in [-0.2, 0) is 60.9 Å². The van der Waals surface area contributed by atoms with Gasteiger partial charge in [0.05, 0.1) is 35.0 Å². The number of hydrogen-bond acceptors (Lipinski definition) is 12. The minimum absolute atomic E-state index is 0.0399. The molecule has 4 aromatic carbocycles. The van der Waals surface area contributed by atoms with Crippen LogP contribution in [0.25, 0.3) is 0 Å². The van der Waals surface area contributed by atoms with E-state index in [9.17, 15) is 30.0 Å². The Morgan fingerprint density at radius 3 is 1.62 bits per heavy atom. The summed E-state index contributed by atoms with van der Waals surface area (Å²) in [6.45, 7) is 15.2. The van der Waals surface area contributed by atoms with Gasteiger partial charge >= 0.3 is 16.1 Å². The number of oxime groups is 1. The molecule has 4 aromatic rings. The van der Waals surface area contributed by atoms with Gasteiger partial charge in [0.25, 0.3) is 10.1 Å². The number of fused-ring (bicyclic) bond motifs is 2. The molecule has 0 aromatic heterocycles. The molecular weight excluding hydrogens is 921 g/mol. The van der Waals surface area contributed by atoms with E-state index >= 15 is 0 Å². The van der Waals surface area contributed by atoms with E-state index in [0.29, 0.717) is 24.2 Å². The lowest BCUT2D eigenvalue weighted by Crippen LogP contribution is -2.26. The molecule has 0 spiro atoms. The lowest BCUT2D eigenvalue weighted by molar-refractivity contribution is -0.154. The van der Waals surface area contributed by atoms with Crippen molar-refractivity contribution in [1.82, 2.24) is 0 Å². The number of rotatable bonds is 19. The summed E-state index contributed by atoms with van der Waals surface area (Å²) < 4.78 is 85.5. The maximum atomic E-state index is 12.4. The van der Waals surface area contributed by atoms with E-state index in [1.165, 1.54) is 47.4 Å². The first-order chi connectivity index (χ1) is 32.2. The topological polar surface area (TPSA) is 172 Å². The molecule has 2 aliphatic rings. The highest BCUT2D eigenvalue weighted by Gasteiger charge is 2.27. The van der Waals surface area contributed by atoms with E-state index in [2.05, 4.69) is 57.1 Å². The molecule has 0 aliphatic heterocycles. The Morgan fingerprint density at radius 2 is 1.12 bits per heavy atom. The van der Waals surface area contributed by atoms with Crippen molar-refractivity contribution in [2.75, 3.05) is 31.8 Å². The lowest BCUT2D eigenvalue weighted by atomic mass is 9.90. The number of hydrogen-bond donors (Lipinski definition) is 0. The van der Waals surface area contributed by atoms with Crippen molar-refractivity contribution in [2.45, 2.75) is 141 Å². The molecule has 0 fully saturated rings. The third kappa shape index (κ3) is 17.4. The molecule has 372 valence electrons. The molecule has 12 nitrogen and oxygen atoms in total. The second-order valence-corrected chi connectivity index (χ2v) is 23.6. The highest BCUT2D eigenvalue weighted by atomic mass is 32.2. The Labute approximate surface area is 407 Å². The Morgan fingerprint density at radius 1 is 0.632 bits per heavy atom. The van der Waals surface area contributed by atoms with Crippen molar-refractivity contribution in [1.29, 1.82) is 0 Å². The molecule has 68 heavy (non-hydrogen) atoms. The zero-order chi connectivity index (χ0) is 50.0. The molecule has 2 unspecified atom stereocenters. The minimum Gasteiger partial charge on any atom is -0.465 e. The number of sulfone groups is 1. The number of esters is 1. The van der Waals surface area contributed by atoms with Crippen molar-refractivity contribution in [3.8, 4) is 0 Å². The monoisotopic (exact) mass is 992 g/mol. The summed E-state index contributed by atoms with van der Waals surface area (Å²) in [6.07, 6.45) is 11.8. The van der Waals surface area contributed by atoms with Gasteiger partial charge in [-0.1, -0.05) is 113 Å². The smallest absolute Gasteiger partial charge is 0.358 e. The van der Waals surface area contributed by atoms with Gasteiger partial charge in [0, 0.05) is 24.1 Å². The zero-order valence-electron chi connectivity index (χ0n) is 41.2. The molecule has 15 heteroatoms. The Balaban J connectivity index is 0.000000224. The van der Waals surface area contributed by atoms with Crippen LogP contribution in [0.5, 0.6) is 0 Å². The van der Waals surface area contributed by atoms with Crippen molar-refractivity contribution in [3.05, 3.63) is 130 Å². The summed E-state index contributed by atoms with van der Waals surface area (Å²) >= 11 is 0. The Kier molecular flexibility index (Phi) is 21.6. The number of carbonyl (C=O) groups is 1. The van der Waals surface area contributed by atoms with Gasteiger partial charge in [-0.2, -0.15) is 16.8 Å². The van der Waals surface area contributed by atoms with Gasteiger partial charge in [-0.3, -0.25) is 18.3 Å². The summed E-state index contributed by atoms with van der Waals surface area (Å²) in [4.78, 5) is 16.8. The fourth-order valence-corrected chi connectivity index (χ4v) is 9.43. The van der Waals surface area contributed by atoms with E-state index in [1.54, 1.807) is 24.3 Å². The van der Waals surface area contributed by atoms with Crippen LogP contribution in [0.3, 0.4) is 0 Å². The quantitative estimate of drug-likeness (QED) is 0.0381. The van der Waals surface area contributed by atoms with Crippen LogP contribution in [0.1, 0.15) is 151 Å². The highest BCUT2D eigenvalue weighted by Crippen LogP contribution is 2.26. The second kappa shape index (κ2) is 26.3. The Bertz CT molecular complexity index is 2640. The average molecular weight is 993 g/mol. The molecule has 2 atom stereocenters. The van der Waals surface area contributed by atoms with E-state index in [4.69, 9.17) is 18.2 Å².